The number of nitrogens with two attached hydrogens (primary N) is 1. The number of nitrogens with one attached hydrogen (secondary N) is 1. The fourth-order valence-corrected chi connectivity index (χ4v) is 3.30. The van der Waals surface area contributed by atoms with Crippen molar-refractivity contribution >= 4 is 5.69 Å². The molecule has 0 bridgehead atoms. The maximum atomic E-state index is 6.26. The fraction of sp³-hybridized carbons (Fsp3) is 0.217. The molecule has 0 aliphatic rings. The number of nitrogen functional groups attached to an aromatic ring is 1. The Hall–Kier alpha value is -2.58. The number of benzene rings is 3. The van der Waals surface area contributed by atoms with E-state index in [1.54, 1.807) is 0 Å². The molecule has 0 aliphatic heterocycles. The lowest BCUT2D eigenvalue weighted by molar-refractivity contribution is 0.546. The van der Waals surface area contributed by atoms with Gasteiger partial charge in [-0.1, -0.05) is 66.7 Å². The number of hydrogen-bond acceptors (Lipinski definition) is 2. The van der Waals surface area contributed by atoms with Crippen LogP contribution in [-0.2, 0) is 13.0 Å². The second-order valence-corrected chi connectivity index (χ2v) is 6.67. The van der Waals surface area contributed by atoms with Crippen LogP contribution in [0.5, 0.6) is 0 Å². The molecule has 0 saturated heterocycles. The molecule has 0 radical (unpaired) electrons. The molecule has 0 spiro atoms. The molecule has 25 heavy (non-hydrogen) atoms. The van der Waals surface area contributed by atoms with Crippen molar-refractivity contribution < 1.29 is 0 Å². The molecule has 3 aromatic carbocycles. The Bertz CT molecular complexity index is 804. The van der Waals surface area contributed by atoms with Crippen LogP contribution >= 0.6 is 0 Å². The minimum Gasteiger partial charge on any atom is -0.398 e. The molecule has 0 amide bonds. The molecule has 128 valence electrons. The zero-order valence-corrected chi connectivity index (χ0v) is 15.0. The molecule has 3 rings (SSSR count). The van der Waals surface area contributed by atoms with E-state index < -0.39 is 0 Å². The van der Waals surface area contributed by atoms with E-state index in [9.17, 15) is 0 Å². The number of rotatable bonds is 6. The Morgan fingerprint density at radius 1 is 0.880 bits per heavy atom. The first-order valence-electron chi connectivity index (χ1n) is 8.86. The van der Waals surface area contributed by atoms with Crippen LogP contribution in [0.2, 0.25) is 0 Å². The summed E-state index contributed by atoms with van der Waals surface area (Å²) >= 11 is 0. The Labute approximate surface area is 150 Å². The first-order valence-corrected chi connectivity index (χ1v) is 8.86. The molecule has 0 fully saturated rings. The SMILES string of the molecule is Cc1cccc(N)c1-c1ccccc1CNC(C)Cc1ccccc1. The number of anilines is 1. The molecule has 1 unspecified atom stereocenters. The van der Waals surface area contributed by atoms with E-state index in [-0.39, 0.29) is 0 Å². The van der Waals surface area contributed by atoms with Crippen LogP contribution in [0.1, 0.15) is 23.6 Å². The van der Waals surface area contributed by atoms with Crippen molar-refractivity contribution in [3.05, 3.63) is 89.5 Å². The molecule has 0 aromatic heterocycles. The Balaban J connectivity index is 1.76. The molecular weight excluding hydrogens is 304 g/mol. The minimum absolute atomic E-state index is 0.407. The van der Waals surface area contributed by atoms with Crippen LogP contribution < -0.4 is 11.1 Å². The predicted octanol–water partition coefficient (Wildman–Crippen LogP) is 4.97. The van der Waals surface area contributed by atoms with Crippen LogP contribution in [0.25, 0.3) is 11.1 Å². The summed E-state index contributed by atoms with van der Waals surface area (Å²) in [5, 5.41) is 3.66. The van der Waals surface area contributed by atoms with Crippen molar-refractivity contribution in [1.29, 1.82) is 0 Å². The van der Waals surface area contributed by atoms with Gasteiger partial charge in [0.05, 0.1) is 0 Å². The molecule has 0 heterocycles. The maximum absolute atomic E-state index is 6.26. The van der Waals surface area contributed by atoms with Gasteiger partial charge in [0, 0.05) is 23.8 Å². The first-order chi connectivity index (χ1) is 12.1. The van der Waals surface area contributed by atoms with E-state index >= 15 is 0 Å². The lowest BCUT2D eigenvalue weighted by Gasteiger charge is -2.18. The summed E-state index contributed by atoms with van der Waals surface area (Å²) < 4.78 is 0. The van der Waals surface area contributed by atoms with E-state index in [1.165, 1.54) is 22.3 Å². The van der Waals surface area contributed by atoms with Gasteiger partial charge in [0.15, 0.2) is 0 Å². The fourth-order valence-electron chi connectivity index (χ4n) is 3.30. The number of hydrogen-bond donors (Lipinski definition) is 2. The average molecular weight is 330 g/mol. The molecule has 0 saturated carbocycles. The highest BCUT2D eigenvalue weighted by molar-refractivity contribution is 5.81. The molecular formula is C23H26N2. The molecule has 2 nitrogen and oxygen atoms in total. The van der Waals surface area contributed by atoms with Crippen LogP contribution in [0.3, 0.4) is 0 Å². The van der Waals surface area contributed by atoms with Crippen LogP contribution in [0, 0.1) is 6.92 Å². The normalized spacial score (nSPS) is 12.1. The molecule has 3 aromatic rings. The maximum Gasteiger partial charge on any atom is 0.0396 e. The van der Waals surface area contributed by atoms with Gasteiger partial charge in [-0.05, 0) is 48.6 Å². The van der Waals surface area contributed by atoms with Crippen molar-refractivity contribution in [3.63, 3.8) is 0 Å². The summed E-state index contributed by atoms with van der Waals surface area (Å²) in [4.78, 5) is 0. The Morgan fingerprint density at radius 2 is 1.60 bits per heavy atom. The smallest absolute Gasteiger partial charge is 0.0396 e. The molecule has 2 heteroatoms. The summed E-state index contributed by atoms with van der Waals surface area (Å²) in [5.41, 5.74) is 13.3. The molecule has 0 aliphatic carbocycles. The van der Waals surface area contributed by atoms with Gasteiger partial charge in [-0.25, -0.2) is 0 Å². The zero-order valence-electron chi connectivity index (χ0n) is 15.0. The average Bonchev–Trinajstić information content (AvgIpc) is 2.61. The van der Waals surface area contributed by atoms with E-state index in [0.717, 1.165) is 24.2 Å². The van der Waals surface area contributed by atoms with Crippen molar-refractivity contribution in [3.8, 4) is 11.1 Å². The van der Waals surface area contributed by atoms with E-state index in [1.807, 2.05) is 12.1 Å². The summed E-state index contributed by atoms with van der Waals surface area (Å²) in [6.07, 6.45) is 1.02. The quantitative estimate of drug-likeness (QED) is 0.627. The third-order valence-electron chi connectivity index (χ3n) is 4.62. The molecule has 3 N–H and O–H groups in total. The van der Waals surface area contributed by atoms with E-state index in [4.69, 9.17) is 5.73 Å². The highest BCUT2D eigenvalue weighted by atomic mass is 14.9. The Kier molecular flexibility index (Phi) is 5.52. The van der Waals surface area contributed by atoms with Crippen molar-refractivity contribution in [2.75, 3.05) is 5.73 Å². The number of aryl methyl sites for hydroxylation is 1. The van der Waals surface area contributed by atoms with Gasteiger partial charge in [-0.15, -0.1) is 0 Å². The van der Waals surface area contributed by atoms with Crippen LogP contribution in [0.15, 0.2) is 72.8 Å². The third-order valence-corrected chi connectivity index (χ3v) is 4.62. The van der Waals surface area contributed by atoms with E-state index in [2.05, 4.69) is 79.8 Å². The highest BCUT2D eigenvalue weighted by Crippen LogP contribution is 2.32. The minimum atomic E-state index is 0.407. The van der Waals surface area contributed by atoms with Crippen molar-refractivity contribution in [2.45, 2.75) is 32.9 Å². The standard InChI is InChI=1S/C23H26N2/c1-17-9-8-14-22(24)23(17)21-13-7-6-12-20(21)16-25-18(2)15-19-10-4-3-5-11-19/h3-14,18,25H,15-16,24H2,1-2H3. The monoisotopic (exact) mass is 330 g/mol. The second kappa shape index (κ2) is 8.00. The topological polar surface area (TPSA) is 38.0 Å². The predicted molar refractivity (Wildman–Crippen MR) is 107 cm³/mol. The summed E-state index contributed by atoms with van der Waals surface area (Å²) in [7, 11) is 0. The Morgan fingerprint density at radius 3 is 2.36 bits per heavy atom. The van der Waals surface area contributed by atoms with Crippen LogP contribution in [-0.4, -0.2) is 6.04 Å². The van der Waals surface area contributed by atoms with Gasteiger partial charge < -0.3 is 11.1 Å². The molecule has 1 atom stereocenters. The lowest BCUT2D eigenvalue weighted by Crippen LogP contribution is -2.27. The van der Waals surface area contributed by atoms with Gasteiger partial charge in [-0.2, -0.15) is 0 Å². The van der Waals surface area contributed by atoms with Gasteiger partial charge in [0.25, 0.3) is 0 Å². The first kappa shape index (κ1) is 17.2. The van der Waals surface area contributed by atoms with Gasteiger partial charge in [-0.3, -0.25) is 0 Å². The third kappa shape index (κ3) is 4.28. The largest absolute Gasteiger partial charge is 0.398 e. The summed E-state index contributed by atoms with van der Waals surface area (Å²) in [5.74, 6) is 0. The lowest BCUT2D eigenvalue weighted by atomic mass is 9.94. The highest BCUT2D eigenvalue weighted by Gasteiger charge is 2.11. The summed E-state index contributed by atoms with van der Waals surface area (Å²) in [6, 6.07) is 25.6. The van der Waals surface area contributed by atoms with Crippen molar-refractivity contribution in [2.24, 2.45) is 0 Å². The van der Waals surface area contributed by atoms with Gasteiger partial charge in [0.2, 0.25) is 0 Å². The van der Waals surface area contributed by atoms with Gasteiger partial charge >= 0.3 is 0 Å². The van der Waals surface area contributed by atoms with Gasteiger partial charge in [0.1, 0.15) is 0 Å². The second-order valence-electron chi connectivity index (χ2n) is 6.67. The van der Waals surface area contributed by atoms with Crippen molar-refractivity contribution in [1.82, 2.24) is 5.32 Å². The van der Waals surface area contributed by atoms with Crippen LogP contribution in [0.4, 0.5) is 5.69 Å². The zero-order chi connectivity index (χ0) is 17.6. The summed E-state index contributed by atoms with van der Waals surface area (Å²) in [6.45, 7) is 5.18. The van der Waals surface area contributed by atoms with E-state index in [0.29, 0.717) is 6.04 Å².